The number of nitrogens with one attached hydrogen (secondary N) is 1. The highest BCUT2D eigenvalue weighted by atomic mass is 16.3. The fraction of sp³-hybridized carbons (Fsp3) is 0.429. The van der Waals surface area contributed by atoms with Crippen molar-refractivity contribution in [1.29, 1.82) is 0 Å². The molecule has 0 bridgehead atoms. The zero-order valence-corrected chi connectivity index (χ0v) is 9.78. The third-order valence-electron chi connectivity index (χ3n) is 3.58. The van der Waals surface area contributed by atoms with E-state index in [2.05, 4.69) is 5.32 Å². The van der Waals surface area contributed by atoms with Crippen LogP contribution in [0.25, 0.3) is 11.0 Å². The summed E-state index contributed by atoms with van der Waals surface area (Å²) in [5.41, 5.74) is 1.93. The minimum Gasteiger partial charge on any atom is -0.508 e. The Morgan fingerprint density at radius 1 is 1.29 bits per heavy atom. The molecule has 1 heterocycles. The molecular weight excluding hydrogens is 214 g/mol. The lowest BCUT2D eigenvalue weighted by molar-refractivity contribution is 0.474. The van der Waals surface area contributed by atoms with Crippen molar-refractivity contribution < 1.29 is 9.52 Å². The van der Waals surface area contributed by atoms with Gasteiger partial charge in [0.25, 0.3) is 0 Å². The number of rotatable bonds is 3. The molecule has 3 nitrogen and oxygen atoms in total. The van der Waals surface area contributed by atoms with Crippen LogP contribution in [0.3, 0.4) is 0 Å². The van der Waals surface area contributed by atoms with Gasteiger partial charge in [-0.3, -0.25) is 0 Å². The van der Waals surface area contributed by atoms with Gasteiger partial charge in [-0.2, -0.15) is 0 Å². The first kappa shape index (κ1) is 10.7. The molecule has 3 rings (SSSR count). The van der Waals surface area contributed by atoms with Crippen molar-refractivity contribution in [1.82, 2.24) is 5.32 Å². The second kappa shape index (κ2) is 4.41. The van der Waals surface area contributed by atoms with Gasteiger partial charge >= 0.3 is 0 Å². The predicted molar refractivity (Wildman–Crippen MR) is 67.0 cm³/mol. The van der Waals surface area contributed by atoms with Crippen LogP contribution in [0, 0.1) is 0 Å². The molecule has 0 aliphatic heterocycles. The Kier molecular flexibility index (Phi) is 2.77. The van der Waals surface area contributed by atoms with E-state index in [-0.39, 0.29) is 5.75 Å². The quantitative estimate of drug-likeness (QED) is 0.852. The predicted octanol–water partition coefficient (Wildman–Crippen LogP) is 3.17. The largest absolute Gasteiger partial charge is 0.508 e. The van der Waals surface area contributed by atoms with Crippen molar-refractivity contribution >= 4 is 11.0 Å². The van der Waals surface area contributed by atoms with Gasteiger partial charge in [0.05, 0.1) is 6.26 Å². The van der Waals surface area contributed by atoms with Crippen LogP contribution in [0.4, 0.5) is 0 Å². The average Bonchev–Trinajstić information content (AvgIpc) is 2.94. The molecule has 0 amide bonds. The maximum Gasteiger partial charge on any atom is 0.137 e. The maximum atomic E-state index is 9.37. The van der Waals surface area contributed by atoms with Crippen LogP contribution in [0.15, 0.2) is 28.9 Å². The Bertz CT molecular complexity index is 512. The molecule has 3 heteroatoms. The molecule has 1 saturated carbocycles. The average molecular weight is 231 g/mol. The summed E-state index contributed by atoms with van der Waals surface area (Å²) in [5.74, 6) is 0.252. The monoisotopic (exact) mass is 231 g/mol. The van der Waals surface area contributed by atoms with Gasteiger partial charge in [0, 0.05) is 29.6 Å². The molecule has 1 aromatic carbocycles. The molecule has 2 N–H and O–H groups in total. The van der Waals surface area contributed by atoms with E-state index in [0.717, 1.165) is 17.5 Å². The van der Waals surface area contributed by atoms with Crippen molar-refractivity contribution in [3.63, 3.8) is 0 Å². The van der Waals surface area contributed by atoms with E-state index < -0.39 is 0 Å². The highest BCUT2D eigenvalue weighted by Crippen LogP contribution is 2.25. The summed E-state index contributed by atoms with van der Waals surface area (Å²) in [4.78, 5) is 0. The number of hydrogen-bond donors (Lipinski definition) is 2. The molecule has 0 spiro atoms. The zero-order valence-electron chi connectivity index (χ0n) is 9.78. The number of hydrogen-bond acceptors (Lipinski definition) is 3. The normalized spacial score (nSPS) is 16.9. The van der Waals surface area contributed by atoms with Gasteiger partial charge in [-0.1, -0.05) is 12.8 Å². The molecule has 1 aliphatic rings. The van der Waals surface area contributed by atoms with Crippen molar-refractivity contribution in [3.8, 4) is 5.75 Å². The van der Waals surface area contributed by atoms with Crippen molar-refractivity contribution in [2.45, 2.75) is 38.3 Å². The lowest BCUT2D eigenvalue weighted by atomic mass is 10.1. The highest BCUT2D eigenvalue weighted by molar-refractivity contribution is 5.82. The van der Waals surface area contributed by atoms with Gasteiger partial charge in [-0.25, -0.2) is 0 Å². The smallest absolute Gasteiger partial charge is 0.137 e. The third-order valence-corrected chi connectivity index (χ3v) is 3.58. The van der Waals surface area contributed by atoms with Gasteiger partial charge in [-0.15, -0.1) is 0 Å². The van der Waals surface area contributed by atoms with E-state index in [1.807, 2.05) is 6.07 Å². The Hall–Kier alpha value is -1.48. The first-order valence-corrected chi connectivity index (χ1v) is 6.25. The topological polar surface area (TPSA) is 45.4 Å². The third kappa shape index (κ3) is 2.15. The molecule has 1 fully saturated rings. The number of fused-ring (bicyclic) bond motifs is 1. The molecule has 1 aromatic heterocycles. The van der Waals surface area contributed by atoms with Gasteiger partial charge in [0.2, 0.25) is 0 Å². The van der Waals surface area contributed by atoms with E-state index >= 15 is 0 Å². The summed E-state index contributed by atoms with van der Waals surface area (Å²) in [5, 5.41) is 14.0. The molecule has 0 atom stereocenters. The Labute approximate surface area is 100 Å². The number of benzene rings is 1. The molecule has 90 valence electrons. The summed E-state index contributed by atoms with van der Waals surface area (Å²) >= 11 is 0. The van der Waals surface area contributed by atoms with Gasteiger partial charge in [0.1, 0.15) is 11.3 Å². The van der Waals surface area contributed by atoms with Crippen LogP contribution in [0.2, 0.25) is 0 Å². The van der Waals surface area contributed by atoms with Gasteiger partial charge in [0.15, 0.2) is 0 Å². The van der Waals surface area contributed by atoms with E-state index in [1.165, 1.54) is 31.2 Å². The van der Waals surface area contributed by atoms with E-state index in [9.17, 15) is 5.11 Å². The molecule has 2 aromatic rings. The fourth-order valence-corrected chi connectivity index (χ4v) is 2.59. The lowest BCUT2D eigenvalue weighted by Crippen LogP contribution is -2.25. The van der Waals surface area contributed by atoms with Crippen LogP contribution >= 0.6 is 0 Å². The van der Waals surface area contributed by atoms with E-state index in [1.54, 1.807) is 18.4 Å². The Morgan fingerprint density at radius 3 is 2.94 bits per heavy atom. The summed E-state index contributed by atoms with van der Waals surface area (Å²) in [7, 11) is 0. The minimum atomic E-state index is 0.252. The van der Waals surface area contributed by atoms with Crippen molar-refractivity contribution in [2.24, 2.45) is 0 Å². The van der Waals surface area contributed by atoms with Crippen molar-refractivity contribution in [3.05, 3.63) is 30.0 Å². The van der Waals surface area contributed by atoms with E-state index in [0.29, 0.717) is 6.04 Å². The summed E-state index contributed by atoms with van der Waals surface area (Å²) in [6.07, 6.45) is 7.05. The van der Waals surface area contributed by atoms with Crippen molar-refractivity contribution in [2.75, 3.05) is 0 Å². The fourth-order valence-electron chi connectivity index (χ4n) is 2.59. The number of aromatic hydroxyl groups is 1. The van der Waals surface area contributed by atoms with Crippen LogP contribution in [-0.4, -0.2) is 11.1 Å². The van der Waals surface area contributed by atoms with Gasteiger partial charge < -0.3 is 14.8 Å². The number of phenolic OH excluding ortho intramolecular Hbond substituents is 1. The first-order chi connectivity index (χ1) is 8.33. The van der Waals surface area contributed by atoms with Crippen LogP contribution in [-0.2, 0) is 6.54 Å². The Morgan fingerprint density at radius 2 is 2.12 bits per heavy atom. The minimum absolute atomic E-state index is 0.252. The van der Waals surface area contributed by atoms with E-state index in [4.69, 9.17) is 4.42 Å². The Balaban J connectivity index is 1.76. The van der Waals surface area contributed by atoms with Gasteiger partial charge in [-0.05, 0) is 25.0 Å². The summed E-state index contributed by atoms with van der Waals surface area (Å²) in [6, 6.07) is 5.95. The molecular formula is C14H17NO2. The van der Waals surface area contributed by atoms with Crippen LogP contribution < -0.4 is 5.32 Å². The number of furan rings is 1. The van der Waals surface area contributed by atoms with Crippen LogP contribution in [0.5, 0.6) is 5.75 Å². The molecule has 0 saturated heterocycles. The second-order valence-corrected chi connectivity index (χ2v) is 4.80. The lowest BCUT2D eigenvalue weighted by Gasteiger charge is -2.10. The number of phenols is 1. The zero-order chi connectivity index (χ0) is 11.7. The molecule has 0 radical (unpaired) electrons. The SMILES string of the molecule is Oc1ccc2c(CNC3CCCC3)coc2c1. The molecule has 0 unspecified atom stereocenters. The molecule has 1 aliphatic carbocycles. The first-order valence-electron chi connectivity index (χ1n) is 6.25. The van der Waals surface area contributed by atoms with Crippen LogP contribution in [0.1, 0.15) is 31.2 Å². The molecule has 17 heavy (non-hydrogen) atoms. The highest BCUT2D eigenvalue weighted by Gasteiger charge is 2.15. The maximum absolute atomic E-state index is 9.37. The second-order valence-electron chi connectivity index (χ2n) is 4.80. The standard InChI is InChI=1S/C14H17NO2/c16-12-5-6-13-10(9-17-14(13)7-12)8-15-11-3-1-2-4-11/h5-7,9,11,15-16H,1-4,8H2. The summed E-state index contributed by atoms with van der Waals surface area (Å²) < 4.78 is 5.45. The summed E-state index contributed by atoms with van der Waals surface area (Å²) in [6.45, 7) is 0.850.